The van der Waals surface area contributed by atoms with Crippen molar-refractivity contribution in [2.24, 2.45) is 5.41 Å². The van der Waals surface area contributed by atoms with Crippen molar-refractivity contribution in [1.82, 2.24) is 4.48 Å². The molecular formula is C16H21NO5S. The number of quaternary nitrogens is 1. The molecule has 0 bridgehead atoms. The number of amides is 1. The Kier molecular flexibility index (Phi) is 3.94. The molecule has 1 aliphatic heterocycles. The molecule has 0 aromatic carbocycles. The molecule has 1 aromatic rings. The first-order valence-corrected chi connectivity index (χ1v) is 8.34. The van der Waals surface area contributed by atoms with Crippen LogP contribution in [-0.4, -0.2) is 34.5 Å². The number of carboxylic acids is 1. The third kappa shape index (κ3) is 1.86. The Hall–Kier alpha value is -1.73. The Balaban J connectivity index is 2.99. The molecule has 6 nitrogen and oxygen atoms in total. The van der Waals surface area contributed by atoms with Crippen molar-refractivity contribution in [3.8, 4) is 0 Å². The van der Waals surface area contributed by atoms with Gasteiger partial charge in [0.15, 0.2) is 11.1 Å². The lowest BCUT2D eigenvalue weighted by molar-refractivity contribution is -0.273. The van der Waals surface area contributed by atoms with E-state index in [1.54, 1.807) is 39.1 Å². The number of ketones is 1. The van der Waals surface area contributed by atoms with Gasteiger partial charge in [0, 0.05) is 6.07 Å². The number of carboxylic acid groups (broad SMARTS) is 2. The molecule has 0 aliphatic carbocycles. The lowest BCUT2D eigenvalue weighted by Crippen LogP contribution is -2.79. The largest absolute Gasteiger partial charge is 0.498 e. The Morgan fingerprint density at radius 2 is 2.00 bits per heavy atom. The molecule has 0 fully saturated rings. The number of fused-ring (bicyclic) bond motifs is 1. The van der Waals surface area contributed by atoms with Crippen molar-refractivity contribution >= 4 is 34.9 Å². The van der Waals surface area contributed by atoms with E-state index in [9.17, 15) is 24.6 Å². The van der Waals surface area contributed by atoms with Crippen LogP contribution in [0, 0.1) is 5.41 Å². The highest BCUT2D eigenvalue weighted by Gasteiger charge is 2.67. The highest BCUT2D eigenvalue weighted by Crippen LogP contribution is 2.53. The maximum absolute atomic E-state index is 12.9. The van der Waals surface area contributed by atoms with Gasteiger partial charge in [-0.15, -0.1) is 11.3 Å². The predicted octanol–water partition coefficient (Wildman–Crippen LogP) is 2.26. The first kappa shape index (κ1) is 17.6. The van der Waals surface area contributed by atoms with Crippen LogP contribution in [0.4, 0.5) is 10.5 Å². The second-order valence-corrected chi connectivity index (χ2v) is 7.85. The zero-order valence-corrected chi connectivity index (χ0v) is 14.7. The van der Waals surface area contributed by atoms with Gasteiger partial charge in [0.1, 0.15) is 16.5 Å². The number of carbonyl (C=O) groups is 3. The minimum Gasteiger partial charge on any atom is -0.498 e. The first-order chi connectivity index (χ1) is 10.5. The maximum atomic E-state index is 12.9. The predicted molar refractivity (Wildman–Crippen MR) is 85.4 cm³/mol. The van der Waals surface area contributed by atoms with E-state index in [-0.39, 0.29) is 11.3 Å². The van der Waals surface area contributed by atoms with Crippen LogP contribution < -0.4 is 9.59 Å². The third-order valence-electron chi connectivity index (χ3n) is 5.22. The van der Waals surface area contributed by atoms with E-state index < -0.39 is 39.3 Å². The highest BCUT2D eigenvalue weighted by atomic mass is 32.1. The number of hydrogen-bond donors (Lipinski definition) is 1. The summed E-state index contributed by atoms with van der Waals surface area (Å²) in [6, 6.07) is 0.598. The van der Waals surface area contributed by atoms with Gasteiger partial charge in [-0.25, -0.2) is 4.48 Å². The fourth-order valence-corrected chi connectivity index (χ4v) is 4.99. The van der Waals surface area contributed by atoms with Gasteiger partial charge in [-0.3, -0.25) is 9.59 Å². The van der Waals surface area contributed by atoms with Crippen molar-refractivity contribution < 1.29 is 24.6 Å². The normalized spacial score (nSPS) is 30.8. The molecule has 126 valence electrons. The van der Waals surface area contributed by atoms with Gasteiger partial charge < -0.3 is 15.0 Å². The van der Waals surface area contributed by atoms with Crippen LogP contribution in [0.3, 0.4) is 0 Å². The average molecular weight is 339 g/mol. The monoisotopic (exact) mass is 339 g/mol. The van der Waals surface area contributed by atoms with E-state index in [4.69, 9.17) is 0 Å². The highest BCUT2D eigenvalue weighted by molar-refractivity contribution is 7.12. The smallest absolute Gasteiger partial charge is 0.323 e. The van der Waals surface area contributed by atoms with Crippen LogP contribution >= 0.6 is 11.3 Å². The van der Waals surface area contributed by atoms with E-state index >= 15 is 0 Å². The lowest BCUT2D eigenvalue weighted by Gasteiger charge is -2.56. The quantitative estimate of drug-likeness (QED) is 0.659. The lowest BCUT2D eigenvalue weighted by atomic mass is 9.68. The molecule has 1 amide bonds. The molecule has 0 saturated carbocycles. The van der Waals surface area contributed by atoms with Gasteiger partial charge in [-0.05, 0) is 39.5 Å². The minimum atomic E-state index is -1.79. The fourth-order valence-electron chi connectivity index (χ4n) is 4.04. The van der Waals surface area contributed by atoms with Crippen LogP contribution in [0.15, 0.2) is 11.4 Å². The second-order valence-electron chi connectivity index (χ2n) is 6.93. The summed E-state index contributed by atoms with van der Waals surface area (Å²) >= 11 is 1.09. The number of nitrogens with zero attached hydrogens (tertiary/aromatic N) is 1. The molecule has 2 heterocycles. The summed E-state index contributed by atoms with van der Waals surface area (Å²) in [6.45, 7) is 8.29. The van der Waals surface area contributed by atoms with Crippen molar-refractivity contribution in [3.63, 3.8) is 0 Å². The number of aliphatic carboxylic acids is 1. The molecule has 3 atom stereocenters. The van der Waals surface area contributed by atoms with Crippen molar-refractivity contribution in [2.75, 3.05) is 0 Å². The maximum Gasteiger partial charge on any atom is 0.323 e. The molecule has 3 unspecified atom stereocenters. The number of rotatable bonds is 2. The van der Waals surface area contributed by atoms with E-state index in [1.165, 1.54) is 6.92 Å². The summed E-state index contributed by atoms with van der Waals surface area (Å²) in [5, 5.41) is 23.8. The van der Waals surface area contributed by atoms with Gasteiger partial charge in [-0.2, -0.15) is 0 Å². The summed E-state index contributed by atoms with van der Waals surface area (Å²) in [4.78, 5) is 37.5. The summed E-state index contributed by atoms with van der Waals surface area (Å²) in [5.74, 6) is -1.80. The van der Waals surface area contributed by atoms with E-state index in [1.807, 2.05) is 0 Å². The van der Waals surface area contributed by atoms with Gasteiger partial charge in [-0.1, -0.05) is 6.92 Å². The fraction of sp³-hybridized carbons (Fsp3) is 0.562. The molecule has 0 radical (unpaired) electrons. The zero-order chi connectivity index (χ0) is 17.8. The zero-order valence-electron chi connectivity index (χ0n) is 13.9. The van der Waals surface area contributed by atoms with Crippen LogP contribution in [-0.2, 0) is 4.79 Å². The van der Waals surface area contributed by atoms with E-state index in [0.29, 0.717) is 5.69 Å². The van der Waals surface area contributed by atoms with Crippen LogP contribution in [0.25, 0.3) is 0 Å². The van der Waals surface area contributed by atoms with Crippen molar-refractivity contribution in [3.05, 3.63) is 16.3 Å². The van der Waals surface area contributed by atoms with Gasteiger partial charge in [0.25, 0.3) is 6.09 Å². The summed E-state index contributed by atoms with van der Waals surface area (Å²) in [7, 11) is 0. The van der Waals surface area contributed by atoms with Crippen LogP contribution in [0.5, 0.6) is 0 Å². The number of Topliss-reactive ketones (excluding diaryl/α,β-unsaturated/α-hetero) is 1. The molecule has 7 heteroatoms. The van der Waals surface area contributed by atoms with Crippen molar-refractivity contribution in [2.45, 2.75) is 52.6 Å². The van der Waals surface area contributed by atoms with Crippen LogP contribution in [0.2, 0.25) is 0 Å². The van der Waals surface area contributed by atoms with Crippen LogP contribution in [0.1, 0.15) is 50.7 Å². The third-order valence-corrected chi connectivity index (χ3v) is 6.12. The van der Waals surface area contributed by atoms with Gasteiger partial charge in [0.2, 0.25) is 5.78 Å². The van der Waals surface area contributed by atoms with E-state index in [2.05, 4.69) is 0 Å². The van der Waals surface area contributed by atoms with Gasteiger partial charge >= 0.3 is 5.97 Å². The summed E-state index contributed by atoms with van der Waals surface area (Å²) < 4.78 is -0.683. The summed E-state index contributed by atoms with van der Waals surface area (Å²) in [5.41, 5.74) is -2.35. The molecule has 0 saturated heterocycles. The molecule has 0 spiro atoms. The summed E-state index contributed by atoms with van der Waals surface area (Å²) in [6.07, 6.45) is -1.38. The average Bonchev–Trinajstić information content (AvgIpc) is 2.87. The molecule has 23 heavy (non-hydrogen) atoms. The first-order valence-electron chi connectivity index (χ1n) is 7.46. The Morgan fingerprint density at radius 1 is 1.43 bits per heavy atom. The standard InChI is InChI=1S/C16H21NO5S/c1-6-16(13(19)20)9(2)17(14(21)22,15(3,4)5)10-7-8-23-11(10)12(16)18/h7-9H,6H2,1-5H3,(H-,19,20,21,22). The number of carbonyl (C=O) groups excluding carboxylic acids is 2. The second kappa shape index (κ2) is 5.14. The Labute approximate surface area is 138 Å². The minimum absolute atomic E-state index is 0.0169. The Bertz CT molecular complexity index is 689. The van der Waals surface area contributed by atoms with Crippen molar-refractivity contribution in [1.29, 1.82) is 0 Å². The SMILES string of the molecule is CCC1(C(=O)O)C(=O)c2sccc2[N+](C(=O)[O-])(C(C)(C)C)C1C. The molecule has 1 aliphatic rings. The van der Waals surface area contributed by atoms with E-state index in [0.717, 1.165) is 11.3 Å². The number of thiophene rings is 1. The molecule has 1 aromatic heterocycles. The number of hydrogen-bond acceptors (Lipinski definition) is 5. The van der Waals surface area contributed by atoms with Gasteiger partial charge in [0.05, 0.1) is 0 Å². The molecular weight excluding hydrogens is 318 g/mol. The molecule has 2 rings (SSSR count). The Morgan fingerprint density at radius 3 is 2.39 bits per heavy atom. The topological polar surface area (TPSA) is 94.5 Å². The molecule has 1 N–H and O–H groups in total.